The van der Waals surface area contributed by atoms with Crippen molar-refractivity contribution in [3.05, 3.63) is 85.2 Å². The van der Waals surface area contributed by atoms with Gasteiger partial charge in [0.15, 0.2) is 0 Å². The first-order chi connectivity index (χ1) is 16.5. The molecule has 10 heteroatoms. The van der Waals surface area contributed by atoms with E-state index in [0.717, 1.165) is 15.7 Å². The summed E-state index contributed by atoms with van der Waals surface area (Å²) in [5.74, 6) is -1.36. The quantitative estimate of drug-likeness (QED) is 0.489. The topological polar surface area (TPSA) is 119 Å². The molecule has 2 aromatic carbocycles. The molecule has 2 N–H and O–H groups in total. The molecule has 0 fully saturated rings. The van der Waals surface area contributed by atoms with Gasteiger partial charge in [0.25, 0.3) is 0 Å². The van der Waals surface area contributed by atoms with Crippen LogP contribution in [-0.4, -0.2) is 31.3 Å². The van der Waals surface area contributed by atoms with E-state index in [0.29, 0.717) is 16.5 Å². The summed E-state index contributed by atoms with van der Waals surface area (Å²) in [5, 5.41) is 9.95. The summed E-state index contributed by atoms with van der Waals surface area (Å²) in [6, 6.07) is 11.4. The minimum atomic E-state index is -1.11. The maximum Gasteiger partial charge on any atom is 0.335 e. The smallest absolute Gasteiger partial charge is 0.335 e. The highest BCUT2D eigenvalue weighted by Gasteiger charge is 2.25. The van der Waals surface area contributed by atoms with E-state index in [2.05, 4.69) is 9.98 Å². The number of aliphatic carboxylic acids is 1. The van der Waals surface area contributed by atoms with Gasteiger partial charge in [0.2, 0.25) is 5.62 Å². The third-order valence-corrected chi connectivity index (χ3v) is 5.91. The van der Waals surface area contributed by atoms with Gasteiger partial charge in [-0.25, -0.2) is 19.1 Å². The molecule has 0 aliphatic rings. The second kappa shape index (κ2) is 10.8. The molecular weight excluding hydrogens is 472 g/mol. The molecule has 0 saturated heterocycles. The Labute approximate surface area is 207 Å². The van der Waals surface area contributed by atoms with Gasteiger partial charge in [-0.1, -0.05) is 23.7 Å². The fraction of sp³-hybridized carbons (Fsp3) is 0.360. The van der Waals surface area contributed by atoms with E-state index in [4.69, 9.17) is 16.3 Å². The first-order valence-electron chi connectivity index (χ1n) is 11.2. The van der Waals surface area contributed by atoms with Gasteiger partial charge in [-0.05, 0) is 76.1 Å². The van der Waals surface area contributed by atoms with E-state index < -0.39 is 29.3 Å². The Kier molecular flexibility index (Phi) is 8.01. The van der Waals surface area contributed by atoms with Crippen LogP contribution in [0.4, 0.5) is 5.69 Å². The molecule has 1 heterocycles. The first kappa shape index (κ1) is 26.0. The number of rotatable bonds is 8. The Balaban J connectivity index is 2.21. The molecule has 0 aliphatic carbocycles. The summed E-state index contributed by atoms with van der Waals surface area (Å²) in [6.07, 6.45) is 0.0113. The Bertz CT molecular complexity index is 1400. The van der Waals surface area contributed by atoms with Crippen LogP contribution in [0.5, 0.6) is 5.75 Å². The number of ether oxygens (including phenoxy) is 1. The van der Waals surface area contributed by atoms with Gasteiger partial charge in [0, 0.05) is 5.02 Å². The lowest BCUT2D eigenvalue weighted by molar-refractivity contribution is -0.142. The van der Waals surface area contributed by atoms with Crippen LogP contribution in [0, 0.1) is 12.8 Å². The minimum Gasteiger partial charge on any atom is -0.491 e. The standard InChI is InChI=1S/C25H29ClN4O5/c1-14(2)35-21-11-10-20(12-15(21)3)27-23-28-24(33)30(17(5)16(4)22(31)32)25(34)29(23)13-18-6-8-19(26)9-7-18/h6-12,14,16-17H,13H2,1-5H3,(H,31,32)(H,27,28,33)/t16-,17-/m0/s1. The summed E-state index contributed by atoms with van der Waals surface area (Å²) in [6.45, 7) is 8.81. The third-order valence-electron chi connectivity index (χ3n) is 5.66. The molecule has 2 atom stereocenters. The molecule has 0 spiro atoms. The summed E-state index contributed by atoms with van der Waals surface area (Å²) in [7, 11) is 0. The van der Waals surface area contributed by atoms with Crippen molar-refractivity contribution < 1.29 is 14.6 Å². The lowest BCUT2D eigenvalue weighted by atomic mass is 10.0. The van der Waals surface area contributed by atoms with Crippen molar-refractivity contribution in [2.24, 2.45) is 10.9 Å². The number of H-pyrrole nitrogens is 1. The summed E-state index contributed by atoms with van der Waals surface area (Å²) in [4.78, 5) is 45.1. The first-order valence-corrected chi connectivity index (χ1v) is 11.6. The van der Waals surface area contributed by atoms with Crippen molar-refractivity contribution in [1.82, 2.24) is 14.1 Å². The van der Waals surface area contributed by atoms with Crippen LogP contribution in [0.15, 0.2) is 57.0 Å². The van der Waals surface area contributed by atoms with Crippen LogP contribution in [0.3, 0.4) is 0 Å². The molecule has 1 aromatic heterocycles. The molecular formula is C25H29ClN4O5. The van der Waals surface area contributed by atoms with Crippen molar-refractivity contribution >= 4 is 23.3 Å². The Morgan fingerprint density at radius 1 is 1.11 bits per heavy atom. The van der Waals surface area contributed by atoms with Gasteiger partial charge in [-0.2, -0.15) is 0 Å². The number of aromatic nitrogens is 3. The van der Waals surface area contributed by atoms with Crippen LogP contribution in [0.25, 0.3) is 0 Å². The van der Waals surface area contributed by atoms with Crippen LogP contribution in [0.2, 0.25) is 5.02 Å². The monoisotopic (exact) mass is 500 g/mol. The molecule has 0 unspecified atom stereocenters. The van der Waals surface area contributed by atoms with Gasteiger partial charge in [0.05, 0.1) is 30.3 Å². The average molecular weight is 501 g/mol. The second-order valence-corrected chi connectivity index (χ2v) is 9.15. The van der Waals surface area contributed by atoms with Crippen molar-refractivity contribution in [2.75, 3.05) is 0 Å². The predicted molar refractivity (Wildman–Crippen MR) is 134 cm³/mol. The minimum absolute atomic E-state index is 0.0113. The number of aromatic amines is 1. The number of hydrogen-bond acceptors (Lipinski definition) is 5. The van der Waals surface area contributed by atoms with Crippen molar-refractivity contribution in [2.45, 2.75) is 53.3 Å². The maximum atomic E-state index is 13.5. The SMILES string of the molecule is Cc1cc(/N=c2\[nH]c(=O)n([C@@H](C)[C@H](C)C(=O)O)c(=O)n2Cc2ccc(Cl)cc2)ccc1OC(C)C. The molecule has 186 valence electrons. The number of carboxylic acid groups (broad SMARTS) is 1. The predicted octanol–water partition coefficient (Wildman–Crippen LogP) is 3.65. The molecule has 9 nitrogen and oxygen atoms in total. The number of nitrogens with zero attached hydrogens (tertiary/aromatic N) is 3. The zero-order valence-electron chi connectivity index (χ0n) is 20.3. The Hall–Kier alpha value is -3.59. The molecule has 3 aromatic rings. The zero-order valence-corrected chi connectivity index (χ0v) is 21.0. The van der Waals surface area contributed by atoms with E-state index in [1.807, 2.05) is 20.8 Å². The lowest BCUT2D eigenvalue weighted by Gasteiger charge is -2.19. The highest BCUT2D eigenvalue weighted by atomic mass is 35.5. The number of aryl methyl sites for hydroxylation is 1. The van der Waals surface area contributed by atoms with Crippen molar-refractivity contribution in [1.29, 1.82) is 0 Å². The summed E-state index contributed by atoms with van der Waals surface area (Å²) >= 11 is 5.99. The van der Waals surface area contributed by atoms with Crippen molar-refractivity contribution in [3.8, 4) is 5.75 Å². The molecule has 0 aliphatic heterocycles. The number of hydrogen-bond donors (Lipinski definition) is 2. The van der Waals surface area contributed by atoms with E-state index in [9.17, 15) is 19.5 Å². The van der Waals surface area contributed by atoms with Crippen molar-refractivity contribution in [3.63, 3.8) is 0 Å². The summed E-state index contributed by atoms with van der Waals surface area (Å²) in [5.41, 5.74) is 0.755. The number of benzene rings is 2. The van der Waals surface area contributed by atoms with E-state index in [1.165, 1.54) is 18.4 Å². The average Bonchev–Trinajstić information content (AvgIpc) is 2.78. The summed E-state index contributed by atoms with van der Waals surface area (Å²) < 4.78 is 7.99. The molecule has 0 bridgehead atoms. The van der Waals surface area contributed by atoms with Gasteiger partial charge in [-0.15, -0.1) is 0 Å². The molecule has 35 heavy (non-hydrogen) atoms. The van der Waals surface area contributed by atoms with Gasteiger partial charge in [-0.3, -0.25) is 14.3 Å². The van der Waals surface area contributed by atoms with Crippen LogP contribution in [-0.2, 0) is 11.3 Å². The highest BCUT2D eigenvalue weighted by molar-refractivity contribution is 6.30. The number of halogens is 1. The Morgan fingerprint density at radius 2 is 1.77 bits per heavy atom. The van der Waals surface area contributed by atoms with E-state index in [-0.39, 0.29) is 18.3 Å². The van der Waals surface area contributed by atoms with Gasteiger partial charge < -0.3 is 9.84 Å². The van der Waals surface area contributed by atoms with E-state index >= 15 is 0 Å². The zero-order chi connectivity index (χ0) is 25.9. The fourth-order valence-electron chi connectivity index (χ4n) is 3.53. The van der Waals surface area contributed by atoms with Crippen LogP contribution < -0.4 is 21.7 Å². The highest BCUT2D eigenvalue weighted by Crippen LogP contribution is 2.24. The number of carboxylic acids is 1. The van der Waals surface area contributed by atoms with Gasteiger partial charge >= 0.3 is 17.3 Å². The lowest BCUT2D eigenvalue weighted by Crippen LogP contribution is -2.52. The van der Waals surface area contributed by atoms with E-state index in [1.54, 1.807) is 42.5 Å². The second-order valence-electron chi connectivity index (χ2n) is 8.71. The number of nitrogens with one attached hydrogen (secondary N) is 1. The molecule has 0 saturated carbocycles. The molecule has 0 amide bonds. The third kappa shape index (κ3) is 6.10. The fourth-order valence-corrected chi connectivity index (χ4v) is 3.66. The van der Waals surface area contributed by atoms with Crippen LogP contribution in [0.1, 0.15) is 44.9 Å². The maximum absolute atomic E-state index is 13.5. The molecule has 0 radical (unpaired) electrons. The van der Waals surface area contributed by atoms with Crippen LogP contribution >= 0.6 is 11.6 Å². The largest absolute Gasteiger partial charge is 0.491 e. The van der Waals surface area contributed by atoms with Gasteiger partial charge in [0.1, 0.15) is 5.75 Å². The number of carbonyl (C=O) groups is 1. The Morgan fingerprint density at radius 3 is 2.34 bits per heavy atom. The normalized spacial score (nSPS) is 13.6. The molecule has 3 rings (SSSR count).